The molecule has 1 aliphatic heterocycles. The Morgan fingerprint density at radius 3 is 2.47 bits per heavy atom. The number of hydrogen-bond acceptors (Lipinski definition) is 8. The van der Waals surface area contributed by atoms with Gasteiger partial charge in [0.25, 0.3) is 0 Å². The van der Waals surface area contributed by atoms with Crippen molar-refractivity contribution >= 4 is 23.8 Å². The maximum atomic E-state index is 12.8. The van der Waals surface area contributed by atoms with Crippen LogP contribution in [0.4, 0.5) is 0 Å². The predicted octanol–water partition coefficient (Wildman–Crippen LogP) is 1.03. The Hall–Kier alpha value is -2.98. The van der Waals surface area contributed by atoms with Gasteiger partial charge in [0.1, 0.15) is 12.1 Å². The van der Waals surface area contributed by atoms with Gasteiger partial charge in [-0.15, -0.1) is 5.10 Å². The zero-order valence-electron chi connectivity index (χ0n) is 20.4. The first-order chi connectivity index (χ1) is 16.2. The number of esters is 2. The molecule has 2 heterocycles. The van der Waals surface area contributed by atoms with E-state index in [0.29, 0.717) is 37.9 Å². The van der Waals surface area contributed by atoms with Crippen LogP contribution in [-0.4, -0.2) is 76.5 Å². The van der Waals surface area contributed by atoms with Crippen molar-refractivity contribution in [3.05, 3.63) is 11.9 Å². The molecule has 34 heavy (non-hydrogen) atoms. The summed E-state index contributed by atoms with van der Waals surface area (Å²) in [6, 6.07) is -1.71. The van der Waals surface area contributed by atoms with E-state index >= 15 is 0 Å². The summed E-state index contributed by atoms with van der Waals surface area (Å²) in [6.45, 7) is 4.37. The number of nitrogens with one attached hydrogen (secondary N) is 1. The van der Waals surface area contributed by atoms with Crippen LogP contribution < -0.4 is 5.32 Å². The van der Waals surface area contributed by atoms with Crippen LogP contribution in [0, 0.1) is 11.8 Å². The van der Waals surface area contributed by atoms with E-state index in [1.165, 1.54) is 19.1 Å². The fourth-order valence-corrected chi connectivity index (χ4v) is 4.39. The van der Waals surface area contributed by atoms with Crippen LogP contribution in [0.1, 0.15) is 64.1 Å². The van der Waals surface area contributed by atoms with Gasteiger partial charge in [-0.3, -0.25) is 9.59 Å². The van der Waals surface area contributed by atoms with Crippen molar-refractivity contribution in [2.24, 2.45) is 11.8 Å². The van der Waals surface area contributed by atoms with E-state index in [9.17, 15) is 19.2 Å². The molecular weight excluding hydrogens is 442 g/mol. The molecule has 1 aliphatic carbocycles. The molecule has 3 rings (SSSR count). The molecule has 188 valence electrons. The number of hydrogen-bond donors (Lipinski definition) is 1. The van der Waals surface area contributed by atoms with E-state index < -0.39 is 24.1 Å². The fraction of sp³-hybridized carbons (Fsp3) is 0.739. The maximum Gasteiger partial charge on any atom is 0.331 e. The van der Waals surface area contributed by atoms with Crippen LogP contribution in [0.2, 0.25) is 0 Å². The third-order valence-electron chi connectivity index (χ3n) is 6.31. The zero-order valence-corrected chi connectivity index (χ0v) is 20.4. The molecule has 11 nitrogen and oxygen atoms in total. The quantitative estimate of drug-likeness (QED) is 0.442. The average Bonchev–Trinajstić information content (AvgIpc) is 3.43. The Morgan fingerprint density at radius 2 is 1.85 bits per heavy atom. The third kappa shape index (κ3) is 6.32. The lowest BCUT2D eigenvalue weighted by molar-refractivity contribution is -0.152. The summed E-state index contributed by atoms with van der Waals surface area (Å²) in [4.78, 5) is 51.0. The van der Waals surface area contributed by atoms with E-state index in [-0.39, 0.29) is 36.0 Å². The van der Waals surface area contributed by atoms with Gasteiger partial charge in [0, 0.05) is 19.2 Å². The fourth-order valence-electron chi connectivity index (χ4n) is 4.39. The van der Waals surface area contributed by atoms with Gasteiger partial charge in [-0.1, -0.05) is 19.1 Å². The number of likely N-dealkylation sites (tertiary alicyclic amines) is 1. The maximum absolute atomic E-state index is 12.8. The van der Waals surface area contributed by atoms with Crippen molar-refractivity contribution in [3.8, 4) is 0 Å². The highest BCUT2D eigenvalue weighted by Crippen LogP contribution is 2.40. The van der Waals surface area contributed by atoms with Gasteiger partial charge in [0.05, 0.1) is 19.9 Å². The Kier molecular flexibility index (Phi) is 8.62. The molecule has 0 spiro atoms. The smallest absolute Gasteiger partial charge is 0.331 e. The van der Waals surface area contributed by atoms with Gasteiger partial charge in [-0.25, -0.2) is 14.3 Å². The molecule has 0 bridgehead atoms. The largest absolute Gasteiger partial charge is 0.467 e. The summed E-state index contributed by atoms with van der Waals surface area (Å²) in [7, 11) is 2.68. The second-order valence-corrected chi connectivity index (χ2v) is 9.46. The van der Waals surface area contributed by atoms with Crippen molar-refractivity contribution in [2.75, 3.05) is 20.8 Å². The molecule has 1 aromatic heterocycles. The highest BCUT2D eigenvalue weighted by molar-refractivity contribution is 5.92. The molecule has 1 saturated carbocycles. The minimum absolute atomic E-state index is 0.218. The van der Waals surface area contributed by atoms with Crippen LogP contribution in [0.3, 0.4) is 0 Å². The Bertz CT molecular complexity index is 896. The Labute approximate surface area is 199 Å². The lowest BCUT2D eigenvalue weighted by atomic mass is 10.0. The van der Waals surface area contributed by atoms with Crippen molar-refractivity contribution in [1.82, 2.24) is 25.2 Å². The summed E-state index contributed by atoms with van der Waals surface area (Å²) in [5.41, 5.74) is 0.695. The van der Waals surface area contributed by atoms with Gasteiger partial charge in [-0.2, -0.15) is 0 Å². The molecule has 3 atom stereocenters. The van der Waals surface area contributed by atoms with Crippen molar-refractivity contribution in [3.63, 3.8) is 0 Å². The van der Waals surface area contributed by atoms with E-state index in [1.54, 1.807) is 10.9 Å². The number of amides is 2. The van der Waals surface area contributed by atoms with Crippen LogP contribution in [-0.2, 0) is 35.1 Å². The zero-order chi connectivity index (χ0) is 24.8. The lowest BCUT2D eigenvalue weighted by Crippen LogP contribution is -2.48. The molecule has 2 aliphatic rings. The number of methoxy groups -OCH3 is 2. The highest BCUT2D eigenvalue weighted by atomic mass is 16.5. The molecule has 0 radical (unpaired) electrons. The third-order valence-corrected chi connectivity index (χ3v) is 6.31. The van der Waals surface area contributed by atoms with E-state index in [4.69, 9.17) is 9.47 Å². The van der Waals surface area contributed by atoms with Crippen molar-refractivity contribution < 1.29 is 28.7 Å². The SMILES string of the molecule is COC(=O)C(C1CC1)n1cc(CCCC(=O)N[C@@H]2CCN([C@@H](CC(C)C)C(=O)OC)C2=O)nn1. The minimum atomic E-state index is -0.633. The van der Waals surface area contributed by atoms with Crippen LogP contribution in [0.5, 0.6) is 0 Å². The summed E-state index contributed by atoms with van der Waals surface area (Å²) >= 11 is 0. The molecule has 1 unspecified atom stereocenters. The first-order valence-electron chi connectivity index (χ1n) is 11.9. The standard InChI is InChI=1S/C23H35N5O6/c1-14(2)12-18(22(31)33-3)27-11-10-17(21(27)30)24-19(29)7-5-6-16-13-28(26-25-16)20(15-8-9-15)23(32)34-4/h13-15,17-18,20H,5-12H2,1-4H3,(H,24,29)/t17-,18+,20?/m1/s1. The summed E-state index contributed by atoms with van der Waals surface area (Å²) in [5.74, 6) is -0.779. The normalized spacial score (nSPS) is 19.7. The van der Waals surface area contributed by atoms with Gasteiger partial charge in [0.2, 0.25) is 11.8 Å². The summed E-state index contributed by atoms with van der Waals surface area (Å²) in [5, 5.41) is 11.0. The van der Waals surface area contributed by atoms with Crippen LogP contribution in [0.25, 0.3) is 0 Å². The molecule has 0 aromatic carbocycles. The number of aryl methyl sites for hydroxylation is 1. The number of carbonyl (C=O) groups excluding carboxylic acids is 4. The van der Waals surface area contributed by atoms with E-state index in [1.807, 2.05) is 13.8 Å². The van der Waals surface area contributed by atoms with Crippen LogP contribution in [0.15, 0.2) is 6.20 Å². The number of aromatic nitrogens is 3. The minimum Gasteiger partial charge on any atom is -0.467 e. The molecule has 2 fully saturated rings. The lowest BCUT2D eigenvalue weighted by Gasteiger charge is -2.27. The molecule has 1 aromatic rings. The Balaban J connectivity index is 1.47. The van der Waals surface area contributed by atoms with Gasteiger partial charge < -0.3 is 19.7 Å². The van der Waals surface area contributed by atoms with E-state index in [0.717, 1.165) is 12.8 Å². The average molecular weight is 478 g/mol. The molecular formula is C23H35N5O6. The monoisotopic (exact) mass is 477 g/mol. The van der Waals surface area contributed by atoms with Crippen LogP contribution >= 0.6 is 0 Å². The topological polar surface area (TPSA) is 133 Å². The van der Waals surface area contributed by atoms with Gasteiger partial charge in [-0.05, 0) is 50.4 Å². The number of carbonyl (C=O) groups is 4. The van der Waals surface area contributed by atoms with Gasteiger partial charge in [0.15, 0.2) is 6.04 Å². The number of ether oxygens (including phenoxy) is 2. The second-order valence-electron chi connectivity index (χ2n) is 9.46. The van der Waals surface area contributed by atoms with Gasteiger partial charge >= 0.3 is 11.9 Å². The first kappa shape index (κ1) is 25.6. The molecule has 2 amide bonds. The predicted molar refractivity (Wildman–Crippen MR) is 120 cm³/mol. The highest BCUT2D eigenvalue weighted by Gasteiger charge is 2.41. The summed E-state index contributed by atoms with van der Waals surface area (Å²) < 4.78 is 11.3. The van der Waals surface area contributed by atoms with E-state index in [2.05, 4.69) is 15.6 Å². The molecule has 1 saturated heterocycles. The van der Waals surface area contributed by atoms with Crippen molar-refractivity contribution in [2.45, 2.75) is 76.9 Å². The first-order valence-corrected chi connectivity index (χ1v) is 11.9. The second kappa shape index (κ2) is 11.4. The molecule has 1 N–H and O–H groups in total. The molecule has 11 heteroatoms. The number of nitrogens with zero attached hydrogens (tertiary/aromatic N) is 4. The van der Waals surface area contributed by atoms with Crippen molar-refractivity contribution in [1.29, 1.82) is 0 Å². The number of rotatable bonds is 12. The Morgan fingerprint density at radius 1 is 1.15 bits per heavy atom. The summed E-state index contributed by atoms with van der Waals surface area (Å²) in [6.07, 6.45) is 5.91.